The molecular formula is C16H25N3O2. The maximum absolute atomic E-state index is 12.2. The fraction of sp³-hybridized carbons (Fsp3) is 0.562. The van der Waals surface area contributed by atoms with E-state index in [0.29, 0.717) is 0 Å². The van der Waals surface area contributed by atoms with Crippen molar-refractivity contribution in [1.82, 2.24) is 9.80 Å². The highest BCUT2D eigenvalue weighted by atomic mass is 16.5. The Morgan fingerprint density at radius 2 is 1.86 bits per heavy atom. The number of anilines is 1. The van der Waals surface area contributed by atoms with Crippen molar-refractivity contribution in [2.45, 2.75) is 19.8 Å². The number of nitrogens with one attached hydrogen (secondary N) is 1. The summed E-state index contributed by atoms with van der Waals surface area (Å²) in [5.74, 6) is 0.789. The Kier molecular flexibility index (Phi) is 5.87. The lowest BCUT2D eigenvalue weighted by atomic mass is 10.2. The van der Waals surface area contributed by atoms with Crippen molar-refractivity contribution in [2.24, 2.45) is 0 Å². The van der Waals surface area contributed by atoms with Gasteiger partial charge in [0, 0.05) is 31.9 Å². The fourth-order valence-electron chi connectivity index (χ4n) is 2.43. The second kappa shape index (κ2) is 7.88. The van der Waals surface area contributed by atoms with Crippen molar-refractivity contribution < 1.29 is 9.53 Å². The molecule has 1 saturated heterocycles. The number of benzene rings is 1. The van der Waals surface area contributed by atoms with Crippen LogP contribution in [-0.4, -0.2) is 55.7 Å². The zero-order chi connectivity index (χ0) is 15.1. The zero-order valence-electron chi connectivity index (χ0n) is 13.0. The Morgan fingerprint density at radius 1 is 1.19 bits per heavy atom. The van der Waals surface area contributed by atoms with Gasteiger partial charge in [-0.2, -0.15) is 0 Å². The van der Waals surface area contributed by atoms with E-state index in [1.54, 1.807) is 7.11 Å². The molecule has 5 heteroatoms. The highest BCUT2D eigenvalue weighted by Gasteiger charge is 2.20. The molecule has 1 N–H and O–H groups in total. The number of hydrogen-bond donors (Lipinski definition) is 1. The molecule has 1 aromatic rings. The molecule has 0 spiro atoms. The predicted octanol–water partition coefficient (Wildman–Crippen LogP) is 2.64. The fourth-order valence-corrected chi connectivity index (χ4v) is 2.43. The SMILES string of the molecule is CCCCN1CCN(C(=O)Nc2ccc(OC)cc2)CC1. The van der Waals surface area contributed by atoms with Crippen LogP contribution < -0.4 is 10.1 Å². The van der Waals surface area contributed by atoms with E-state index in [4.69, 9.17) is 4.74 Å². The predicted molar refractivity (Wildman–Crippen MR) is 84.9 cm³/mol. The zero-order valence-corrected chi connectivity index (χ0v) is 13.0. The third kappa shape index (κ3) is 4.63. The molecule has 0 unspecified atom stereocenters. The maximum atomic E-state index is 12.2. The topological polar surface area (TPSA) is 44.8 Å². The third-order valence-corrected chi connectivity index (χ3v) is 3.83. The molecule has 1 heterocycles. The van der Waals surface area contributed by atoms with Crippen LogP contribution in [0.3, 0.4) is 0 Å². The molecule has 1 aromatic carbocycles. The number of hydrogen-bond acceptors (Lipinski definition) is 3. The van der Waals surface area contributed by atoms with E-state index in [1.807, 2.05) is 29.2 Å². The number of amides is 2. The minimum atomic E-state index is -0.0182. The van der Waals surface area contributed by atoms with Gasteiger partial charge in [0.1, 0.15) is 5.75 Å². The van der Waals surface area contributed by atoms with E-state index >= 15 is 0 Å². The molecule has 116 valence electrons. The number of carbonyl (C=O) groups excluding carboxylic acids is 1. The summed E-state index contributed by atoms with van der Waals surface area (Å²) in [6.07, 6.45) is 2.45. The molecular weight excluding hydrogens is 266 g/mol. The summed E-state index contributed by atoms with van der Waals surface area (Å²) in [5.41, 5.74) is 0.800. The second-order valence-corrected chi connectivity index (χ2v) is 5.34. The Labute approximate surface area is 126 Å². The quantitative estimate of drug-likeness (QED) is 0.907. The molecule has 0 aromatic heterocycles. The first-order valence-electron chi connectivity index (χ1n) is 7.65. The molecule has 5 nitrogen and oxygen atoms in total. The molecule has 0 saturated carbocycles. The van der Waals surface area contributed by atoms with Crippen LogP contribution in [0.15, 0.2) is 24.3 Å². The number of methoxy groups -OCH3 is 1. The molecule has 0 bridgehead atoms. The van der Waals surface area contributed by atoms with Crippen molar-refractivity contribution >= 4 is 11.7 Å². The Bertz CT molecular complexity index is 439. The van der Waals surface area contributed by atoms with Crippen LogP contribution in [0.1, 0.15) is 19.8 Å². The van der Waals surface area contributed by atoms with E-state index in [2.05, 4.69) is 17.1 Å². The molecule has 2 rings (SSSR count). The lowest BCUT2D eigenvalue weighted by Gasteiger charge is -2.34. The standard InChI is InChI=1S/C16H25N3O2/c1-3-4-9-18-10-12-19(13-11-18)16(20)17-14-5-7-15(21-2)8-6-14/h5-8H,3-4,9-13H2,1-2H3,(H,17,20). The van der Waals surface area contributed by atoms with Gasteiger partial charge in [-0.3, -0.25) is 4.90 Å². The lowest BCUT2D eigenvalue weighted by molar-refractivity contribution is 0.146. The van der Waals surface area contributed by atoms with Crippen LogP contribution in [0.25, 0.3) is 0 Å². The number of rotatable bonds is 5. The number of piperazine rings is 1. The summed E-state index contributed by atoms with van der Waals surface area (Å²) in [5, 5.41) is 2.93. The van der Waals surface area contributed by atoms with Gasteiger partial charge in [0.25, 0.3) is 0 Å². The largest absolute Gasteiger partial charge is 0.497 e. The summed E-state index contributed by atoms with van der Waals surface area (Å²) < 4.78 is 5.11. The first-order valence-corrected chi connectivity index (χ1v) is 7.65. The van der Waals surface area contributed by atoms with Gasteiger partial charge in [-0.1, -0.05) is 13.3 Å². The first kappa shape index (κ1) is 15.6. The van der Waals surface area contributed by atoms with E-state index < -0.39 is 0 Å². The van der Waals surface area contributed by atoms with Crippen LogP contribution in [0.5, 0.6) is 5.75 Å². The number of urea groups is 1. The van der Waals surface area contributed by atoms with Crippen LogP contribution in [0.4, 0.5) is 10.5 Å². The van der Waals surface area contributed by atoms with Gasteiger partial charge < -0.3 is 15.0 Å². The van der Waals surface area contributed by atoms with Crippen LogP contribution in [0.2, 0.25) is 0 Å². The number of carbonyl (C=O) groups is 1. The minimum absolute atomic E-state index is 0.0182. The molecule has 0 aliphatic carbocycles. The van der Waals surface area contributed by atoms with Gasteiger partial charge in [0.05, 0.1) is 7.11 Å². The van der Waals surface area contributed by atoms with E-state index in [-0.39, 0.29) is 6.03 Å². The maximum Gasteiger partial charge on any atom is 0.321 e. The average Bonchev–Trinajstić information content (AvgIpc) is 2.54. The van der Waals surface area contributed by atoms with Crippen molar-refractivity contribution in [1.29, 1.82) is 0 Å². The van der Waals surface area contributed by atoms with Crippen molar-refractivity contribution in [2.75, 3.05) is 45.2 Å². The van der Waals surface area contributed by atoms with Gasteiger partial charge in [0.15, 0.2) is 0 Å². The smallest absolute Gasteiger partial charge is 0.321 e. The van der Waals surface area contributed by atoms with Crippen molar-refractivity contribution in [3.8, 4) is 5.75 Å². The first-order chi connectivity index (χ1) is 10.2. The third-order valence-electron chi connectivity index (χ3n) is 3.83. The lowest BCUT2D eigenvalue weighted by Crippen LogP contribution is -2.50. The molecule has 0 radical (unpaired) electrons. The Hall–Kier alpha value is -1.75. The number of ether oxygens (including phenoxy) is 1. The summed E-state index contributed by atoms with van der Waals surface area (Å²) in [4.78, 5) is 16.5. The van der Waals surface area contributed by atoms with E-state index in [9.17, 15) is 4.79 Å². The van der Waals surface area contributed by atoms with E-state index in [0.717, 1.165) is 44.2 Å². The van der Waals surface area contributed by atoms with Gasteiger partial charge in [0.2, 0.25) is 0 Å². The van der Waals surface area contributed by atoms with Crippen LogP contribution >= 0.6 is 0 Å². The Morgan fingerprint density at radius 3 is 2.43 bits per heavy atom. The molecule has 2 amide bonds. The van der Waals surface area contributed by atoms with Crippen molar-refractivity contribution in [3.05, 3.63) is 24.3 Å². The molecule has 1 fully saturated rings. The monoisotopic (exact) mass is 291 g/mol. The van der Waals surface area contributed by atoms with Crippen LogP contribution in [0, 0.1) is 0 Å². The highest BCUT2D eigenvalue weighted by Crippen LogP contribution is 2.15. The highest BCUT2D eigenvalue weighted by molar-refractivity contribution is 5.89. The van der Waals surface area contributed by atoms with Crippen LogP contribution in [-0.2, 0) is 0 Å². The van der Waals surface area contributed by atoms with Gasteiger partial charge in [-0.05, 0) is 37.2 Å². The summed E-state index contributed by atoms with van der Waals surface area (Å²) in [7, 11) is 1.63. The van der Waals surface area contributed by atoms with Gasteiger partial charge in [-0.25, -0.2) is 4.79 Å². The normalized spacial score (nSPS) is 15.8. The summed E-state index contributed by atoms with van der Waals surface area (Å²) in [6, 6.07) is 7.38. The Balaban J connectivity index is 1.78. The van der Waals surface area contributed by atoms with Gasteiger partial charge in [-0.15, -0.1) is 0 Å². The molecule has 0 atom stereocenters. The van der Waals surface area contributed by atoms with Gasteiger partial charge >= 0.3 is 6.03 Å². The molecule has 1 aliphatic rings. The summed E-state index contributed by atoms with van der Waals surface area (Å²) >= 11 is 0. The number of unbranched alkanes of at least 4 members (excludes halogenated alkanes) is 1. The van der Waals surface area contributed by atoms with E-state index in [1.165, 1.54) is 12.8 Å². The minimum Gasteiger partial charge on any atom is -0.497 e. The molecule has 21 heavy (non-hydrogen) atoms. The summed E-state index contributed by atoms with van der Waals surface area (Å²) in [6.45, 7) is 6.88. The number of nitrogens with zero attached hydrogens (tertiary/aromatic N) is 2. The second-order valence-electron chi connectivity index (χ2n) is 5.34. The molecule has 1 aliphatic heterocycles. The van der Waals surface area contributed by atoms with Crippen molar-refractivity contribution in [3.63, 3.8) is 0 Å². The average molecular weight is 291 g/mol.